The molecule has 5 nitrogen and oxygen atoms in total. The number of hydrogen-bond acceptors (Lipinski definition) is 3. The van der Waals surface area contributed by atoms with Crippen molar-refractivity contribution < 1.29 is 35.9 Å². The number of aliphatic imine (C=N–C) groups is 1. The van der Waals surface area contributed by atoms with E-state index >= 15 is 0 Å². The second-order valence-electron chi connectivity index (χ2n) is 6.18. The molecule has 0 aromatic heterocycles. The number of halogens is 6. The highest BCUT2D eigenvalue weighted by Gasteiger charge is 2.74. The first kappa shape index (κ1) is 19.5. The van der Waals surface area contributed by atoms with E-state index < -0.39 is 36.0 Å². The lowest BCUT2D eigenvalue weighted by Crippen LogP contribution is -2.72. The Bertz CT molecular complexity index is 712. The van der Waals surface area contributed by atoms with Gasteiger partial charge in [-0.15, -0.1) is 0 Å². The topological polar surface area (TPSA) is 53.9 Å². The Morgan fingerprint density at radius 3 is 2.30 bits per heavy atom. The van der Waals surface area contributed by atoms with Gasteiger partial charge in [-0.25, -0.2) is 9.79 Å². The van der Waals surface area contributed by atoms with Gasteiger partial charge in [0.15, 0.2) is 0 Å². The van der Waals surface area contributed by atoms with Crippen molar-refractivity contribution >= 4 is 11.9 Å². The van der Waals surface area contributed by atoms with Crippen molar-refractivity contribution in [1.82, 2.24) is 10.2 Å². The van der Waals surface area contributed by atoms with Gasteiger partial charge in [0, 0.05) is 12.2 Å². The highest BCUT2D eigenvalue weighted by molar-refractivity contribution is 6.09. The molecule has 1 fully saturated rings. The van der Waals surface area contributed by atoms with Crippen LogP contribution in [0.15, 0.2) is 35.3 Å². The van der Waals surface area contributed by atoms with Crippen LogP contribution in [0.25, 0.3) is 0 Å². The summed E-state index contributed by atoms with van der Waals surface area (Å²) in [7, 11) is 0. The quantitative estimate of drug-likeness (QED) is 0.797. The van der Waals surface area contributed by atoms with E-state index in [1.54, 1.807) is 0 Å². The predicted octanol–water partition coefficient (Wildman–Crippen LogP) is 3.46. The van der Waals surface area contributed by atoms with Crippen LogP contribution in [0.5, 0.6) is 0 Å². The van der Waals surface area contributed by atoms with Gasteiger partial charge in [0.2, 0.25) is 0 Å². The molecule has 0 radical (unpaired) electrons. The second-order valence-corrected chi connectivity index (χ2v) is 6.18. The van der Waals surface area contributed by atoms with E-state index in [0.29, 0.717) is 19.4 Å². The molecule has 0 spiro atoms. The fourth-order valence-corrected chi connectivity index (χ4v) is 2.96. The first-order valence-electron chi connectivity index (χ1n) is 8.05. The molecule has 0 bridgehead atoms. The summed E-state index contributed by atoms with van der Waals surface area (Å²) in [6.07, 6.45) is -11.0. The summed E-state index contributed by atoms with van der Waals surface area (Å²) >= 11 is 0. The zero-order valence-corrected chi connectivity index (χ0v) is 13.8. The maximum Gasteiger partial charge on any atom is 0.441 e. The third-order valence-corrected chi connectivity index (χ3v) is 4.32. The average Bonchev–Trinajstić information content (AvgIpc) is 3.08. The first-order chi connectivity index (χ1) is 12.6. The molecule has 27 heavy (non-hydrogen) atoms. The SMILES string of the molecule is O=C1NC(C(F)(F)F)(C(F)(F)F)N=C(c2ccccc2)N1CC1CCCO1. The fourth-order valence-electron chi connectivity index (χ4n) is 2.96. The number of amidine groups is 1. The zero-order chi connectivity index (χ0) is 19.9. The molecular weight excluding hydrogens is 380 g/mol. The van der Waals surface area contributed by atoms with Gasteiger partial charge in [-0.2, -0.15) is 26.3 Å². The number of alkyl halides is 6. The van der Waals surface area contributed by atoms with E-state index in [9.17, 15) is 31.1 Å². The number of nitrogens with one attached hydrogen (secondary N) is 1. The molecule has 11 heteroatoms. The molecule has 2 amide bonds. The number of benzene rings is 1. The van der Waals surface area contributed by atoms with Gasteiger partial charge in [-0.1, -0.05) is 30.3 Å². The van der Waals surface area contributed by atoms with Gasteiger partial charge >= 0.3 is 24.0 Å². The summed E-state index contributed by atoms with van der Waals surface area (Å²) in [5.74, 6) is -0.704. The van der Waals surface area contributed by atoms with Crippen molar-refractivity contribution in [3.8, 4) is 0 Å². The van der Waals surface area contributed by atoms with Crippen LogP contribution >= 0.6 is 0 Å². The molecule has 2 heterocycles. The van der Waals surface area contributed by atoms with E-state index in [2.05, 4.69) is 4.99 Å². The van der Waals surface area contributed by atoms with Crippen LogP contribution in [0.4, 0.5) is 31.1 Å². The van der Waals surface area contributed by atoms with Crippen LogP contribution in [0.1, 0.15) is 18.4 Å². The number of ether oxygens (including phenoxy) is 1. The number of carbonyl (C=O) groups excluding carboxylic acids is 1. The van der Waals surface area contributed by atoms with Crippen molar-refractivity contribution in [1.29, 1.82) is 0 Å². The Morgan fingerprint density at radius 1 is 1.15 bits per heavy atom. The van der Waals surface area contributed by atoms with Gasteiger partial charge in [-0.05, 0) is 12.8 Å². The van der Waals surface area contributed by atoms with Crippen molar-refractivity contribution in [2.75, 3.05) is 13.2 Å². The van der Waals surface area contributed by atoms with Gasteiger partial charge in [0.05, 0.1) is 12.6 Å². The Kier molecular flexibility index (Phi) is 4.83. The molecule has 0 aliphatic carbocycles. The summed E-state index contributed by atoms with van der Waals surface area (Å²) in [6.45, 7) is 0.207. The lowest BCUT2D eigenvalue weighted by Gasteiger charge is -2.41. The largest absolute Gasteiger partial charge is 0.441 e. The molecule has 148 valence electrons. The molecule has 1 N–H and O–H groups in total. The molecule has 2 aliphatic rings. The van der Waals surface area contributed by atoms with Crippen LogP contribution in [0.3, 0.4) is 0 Å². The fraction of sp³-hybridized carbons (Fsp3) is 0.500. The van der Waals surface area contributed by atoms with Crippen LogP contribution in [-0.4, -0.2) is 54.0 Å². The monoisotopic (exact) mass is 395 g/mol. The van der Waals surface area contributed by atoms with Crippen LogP contribution in [0, 0.1) is 0 Å². The van der Waals surface area contributed by atoms with Crippen LogP contribution < -0.4 is 5.32 Å². The van der Waals surface area contributed by atoms with Gasteiger partial charge in [0.25, 0.3) is 0 Å². The zero-order valence-electron chi connectivity index (χ0n) is 13.8. The minimum Gasteiger partial charge on any atom is -0.376 e. The van der Waals surface area contributed by atoms with Crippen LogP contribution in [0.2, 0.25) is 0 Å². The van der Waals surface area contributed by atoms with E-state index in [0.717, 1.165) is 10.2 Å². The Labute approximate surface area is 150 Å². The lowest BCUT2D eigenvalue weighted by atomic mass is 10.1. The summed E-state index contributed by atoms with van der Waals surface area (Å²) < 4.78 is 85.8. The summed E-state index contributed by atoms with van der Waals surface area (Å²) in [6, 6.07) is 5.44. The van der Waals surface area contributed by atoms with Crippen molar-refractivity contribution in [3.05, 3.63) is 35.9 Å². The number of urea groups is 1. The predicted molar refractivity (Wildman–Crippen MR) is 82.0 cm³/mol. The Hall–Kier alpha value is -2.30. The summed E-state index contributed by atoms with van der Waals surface area (Å²) in [5, 5.41) is 1.03. The van der Waals surface area contributed by atoms with E-state index in [4.69, 9.17) is 4.74 Å². The highest BCUT2D eigenvalue weighted by atomic mass is 19.4. The number of carbonyl (C=O) groups is 1. The Balaban J connectivity index is 2.13. The van der Waals surface area contributed by atoms with Crippen molar-refractivity contribution in [3.63, 3.8) is 0 Å². The number of nitrogens with zero attached hydrogens (tertiary/aromatic N) is 2. The number of amides is 2. The Morgan fingerprint density at radius 2 is 1.78 bits per heavy atom. The van der Waals surface area contributed by atoms with Gasteiger partial charge in [0.1, 0.15) is 5.84 Å². The first-order valence-corrected chi connectivity index (χ1v) is 8.05. The summed E-state index contributed by atoms with van der Waals surface area (Å²) in [4.78, 5) is 16.1. The molecule has 2 aliphatic heterocycles. The molecule has 3 rings (SSSR count). The minimum absolute atomic E-state index is 0.0387. The van der Waals surface area contributed by atoms with Crippen molar-refractivity contribution in [2.45, 2.75) is 37.0 Å². The highest BCUT2D eigenvalue weighted by Crippen LogP contribution is 2.46. The van der Waals surface area contributed by atoms with Gasteiger partial charge in [-0.3, -0.25) is 10.2 Å². The molecule has 1 unspecified atom stereocenters. The molecule has 1 aromatic carbocycles. The summed E-state index contributed by atoms with van der Waals surface area (Å²) in [5.41, 5.74) is -4.75. The molecule has 1 saturated heterocycles. The maximum absolute atomic E-state index is 13.4. The maximum atomic E-state index is 13.4. The number of hydrogen-bond donors (Lipinski definition) is 1. The average molecular weight is 395 g/mol. The lowest BCUT2D eigenvalue weighted by molar-refractivity contribution is -0.302. The van der Waals surface area contributed by atoms with E-state index in [1.807, 2.05) is 0 Å². The van der Waals surface area contributed by atoms with Crippen molar-refractivity contribution in [2.24, 2.45) is 4.99 Å². The van der Waals surface area contributed by atoms with E-state index in [-0.39, 0.29) is 12.1 Å². The third-order valence-electron chi connectivity index (χ3n) is 4.32. The minimum atomic E-state index is -5.88. The normalized spacial score (nSPS) is 23.2. The standard InChI is InChI=1S/C16H15F6N3O2/c17-15(18,19)14(16(20,21)22)23-12(10-5-2-1-3-6-10)25(13(26)24-14)9-11-7-4-8-27-11/h1-3,5-6,11H,4,7-9H2,(H,24,26). The number of rotatable bonds is 3. The molecule has 0 saturated carbocycles. The third kappa shape index (κ3) is 3.47. The van der Waals surface area contributed by atoms with Crippen LogP contribution in [-0.2, 0) is 4.74 Å². The molecular formula is C16H15F6N3O2. The van der Waals surface area contributed by atoms with E-state index in [1.165, 1.54) is 30.3 Å². The smallest absolute Gasteiger partial charge is 0.376 e. The second kappa shape index (κ2) is 6.70. The molecule has 1 aromatic rings. The molecule has 1 atom stereocenters. The van der Waals surface area contributed by atoms with Gasteiger partial charge < -0.3 is 4.74 Å².